The van der Waals surface area contributed by atoms with Gasteiger partial charge in [-0.15, -0.1) is 11.8 Å². The van der Waals surface area contributed by atoms with E-state index in [0.29, 0.717) is 15.6 Å². The maximum absolute atomic E-state index is 12.9. The first-order valence-corrected chi connectivity index (χ1v) is 9.22. The number of rotatable bonds is 2. The number of halogens is 2. The molecule has 0 aliphatic carbocycles. The molecule has 0 bridgehead atoms. The van der Waals surface area contributed by atoms with E-state index in [9.17, 15) is 4.79 Å². The lowest BCUT2D eigenvalue weighted by molar-refractivity contribution is 0.0760. The topological polar surface area (TPSA) is 20.3 Å². The van der Waals surface area contributed by atoms with Gasteiger partial charge < -0.3 is 4.90 Å². The minimum absolute atomic E-state index is 0.0369. The summed E-state index contributed by atoms with van der Waals surface area (Å²) in [4.78, 5) is 14.8. The van der Waals surface area contributed by atoms with Crippen LogP contribution in [0.2, 0.25) is 10.0 Å². The normalized spacial score (nSPS) is 17.6. The van der Waals surface area contributed by atoms with Gasteiger partial charge in [0.15, 0.2) is 0 Å². The van der Waals surface area contributed by atoms with Crippen LogP contribution in [0, 0.1) is 13.8 Å². The van der Waals surface area contributed by atoms with E-state index in [1.807, 2.05) is 4.90 Å². The van der Waals surface area contributed by atoms with Crippen LogP contribution in [-0.2, 0) is 0 Å². The van der Waals surface area contributed by atoms with Crippen LogP contribution in [0.25, 0.3) is 0 Å². The zero-order valence-corrected chi connectivity index (χ0v) is 15.3. The summed E-state index contributed by atoms with van der Waals surface area (Å²) in [5.41, 5.74) is 4.14. The number of hydrogen-bond acceptors (Lipinski definition) is 2. The first kappa shape index (κ1) is 16.7. The molecular formula is C18H17Cl2NOS. The van der Waals surface area contributed by atoms with Gasteiger partial charge in [0.25, 0.3) is 5.91 Å². The molecular weight excluding hydrogens is 349 g/mol. The van der Waals surface area contributed by atoms with Gasteiger partial charge >= 0.3 is 0 Å². The smallest absolute Gasteiger partial charge is 0.256 e. The first-order valence-electron chi connectivity index (χ1n) is 7.42. The third kappa shape index (κ3) is 3.37. The molecule has 1 fully saturated rings. The Morgan fingerprint density at radius 2 is 1.96 bits per heavy atom. The van der Waals surface area contributed by atoms with Gasteiger partial charge in [-0.25, -0.2) is 0 Å². The first-order chi connectivity index (χ1) is 11.0. The fourth-order valence-corrected chi connectivity index (χ4v) is 4.70. The molecule has 3 rings (SSSR count). The molecule has 0 spiro atoms. The summed E-state index contributed by atoms with van der Waals surface area (Å²) in [7, 11) is 0. The van der Waals surface area contributed by atoms with Crippen LogP contribution in [0.15, 0.2) is 36.4 Å². The SMILES string of the molecule is Cc1ccc([C@@H]2SCCN2C(=O)c2ccc(Cl)cc2Cl)c(C)c1. The van der Waals surface area contributed by atoms with Gasteiger partial charge in [0, 0.05) is 17.3 Å². The molecule has 2 nitrogen and oxygen atoms in total. The van der Waals surface area contributed by atoms with Crippen LogP contribution < -0.4 is 0 Å². The van der Waals surface area contributed by atoms with E-state index in [1.54, 1.807) is 30.0 Å². The zero-order chi connectivity index (χ0) is 16.6. The monoisotopic (exact) mass is 365 g/mol. The minimum Gasteiger partial charge on any atom is -0.322 e. The second-order valence-electron chi connectivity index (χ2n) is 5.71. The van der Waals surface area contributed by atoms with Crippen molar-refractivity contribution in [2.75, 3.05) is 12.3 Å². The summed E-state index contributed by atoms with van der Waals surface area (Å²) < 4.78 is 0. The van der Waals surface area contributed by atoms with E-state index < -0.39 is 0 Å². The molecule has 1 saturated heterocycles. The van der Waals surface area contributed by atoms with E-state index in [-0.39, 0.29) is 11.3 Å². The molecule has 0 N–H and O–H groups in total. The number of amides is 1. The number of benzene rings is 2. The van der Waals surface area contributed by atoms with E-state index in [0.717, 1.165) is 12.3 Å². The Morgan fingerprint density at radius 1 is 1.17 bits per heavy atom. The van der Waals surface area contributed by atoms with Gasteiger partial charge in [0.2, 0.25) is 0 Å². The molecule has 5 heteroatoms. The third-order valence-corrected chi connectivity index (χ3v) is 5.79. The molecule has 0 unspecified atom stereocenters. The van der Waals surface area contributed by atoms with E-state index >= 15 is 0 Å². The number of carbonyl (C=O) groups excluding carboxylic acids is 1. The summed E-state index contributed by atoms with van der Waals surface area (Å²) in [6, 6.07) is 11.4. The fraction of sp³-hybridized carbons (Fsp3) is 0.278. The van der Waals surface area contributed by atoms with Crippen LogP contribution in [0.3, 0.4) is 0 Å². The van der Waals surface area contributed by atoms with Crippen molar-refractivity contribution in [2.24, 2.45) is 0 Å². The lowest BCUT2D eigenvalue weighted by Crippen LogP contribution is -2.31. The van der Waals surface area contributed by atoms with Crippen LogP contribution in [-0.4, -0.2) is 23.1 Å². The summed E-state index contributed by atoms with van der Waals surface area (Å²) in [6.07, 6.45) is 0. The number of nitrogens with zero attached hydrogens (tertiary/aromatic N) is 1. The summed E-state index contributed by atoms with van der Waals surface area (Å²) in [6.45, 7) is 4.90. The van der Waals surface area contributed by atoms with Gasteiger partial charge in [-0.2, -0.15) is 0 Å². The molecule has 0 radical (unpaired) electrons. The van der Waals surface area contributed by atoms with Crippen molar-refractivity contribution in [2.45, 2.75) is 19.2 Å². The van der Waals surface area contributed by atoms with Crippen molar-refractivity contribution >= 4 is 40.9 Å². The van der Waals surface area contributed by atoms with Gasteiger partial charge in [-0.3, -0.25) is 4.79 Å². The molecule has 2 aromatic carbocycles. The third-order valence-electron chi connectivity index (χ3n) is 4.00. The fourth-order valence-electron chi connectivity index (χ4n) is 2.86. The molecule has 0 aromatic heterocycles. The maximum Gasteiger partial charge on any atom is 0.256 e. The van der Waals surface area contributed by atoms with Crippen molar-refractivity contribution in [3.63, 3.8) is 0 Å². The lowest BCUT2D eigenvalue weighted by Gasteiger charge is -2.26. The van der Waals surface area contributed by atoms with Gasteiger partial charge in [-0.1, -0.05) is 47.0 Å². The molecule has 1 heterocycles. The standard InChI is InChI=1S/C18H17Cl2NOS/c1-11-3-5-14(12(2)9-11)18-21(7-8-23-18)17(22)15-6-4-13(19)10-16(15)20/h3-6,9-10,18H,7-8H2,1-2H3/t18-/m0/s1. The Hall–Kier alpha value is -1.16. The highest BCUT2D eigenvalue weighted by Crippen LogP contribution is 2.40. The van der Waals surface area contributed by atoms with Crippen molar-refractivity contribution in [1.82, 2.24) is 4.90 Å². The van der Waals surface area contributed by atoms with Gasteiger partial charge in [0.05, 0.1) is 10.6 Å². The van der Waals surface area contributed by atoms with Crippen LogP contribution >= 0.6 is 35.0 Å². The maximum atomic E-state index is 12.9. The Bertz CT molecular complexity index is 763. The highest BCUT2D eigenvalue weighted by Gasteiger charge is 2.32. The zero-order valence-electron chi connectivity index (χ0n) is 13.0. The summed E-state index contributed by atoms with van der Waals surface area (Å²) in [5.74, 6) is 0.885. The molecule has 1 aliphatic rings. The number of aryl methyl sites for hydroxylation is 2. The molecule has 1 amide bonds. The number of carbonyl (C=O) groups is 1. The van der Waals surface area contributed by atoms with E-state index in [2.05, 4.69) is 32.0 Å². The molecule has 120 valence electrons. The average Bonchev–Trinajstić information content (AvgIpc) is 2.95. The number of thioether (sulfide) groups is 1. The van der Waals surface area contributed by atoms with Gasteiger partial charge in [-0.05, 0) is 43.2 Å². The highest BCUT2D eigenvalue weighted by molar-refractivity contribution is 7.99. The summed E-state index contributed by atoms with van der Waals surface area (Å²) in [5, 5.41) is 0.974. The quantitative estimate of drug-likeness (QED) is 0.700. The minimum atomic E-state index is -0.0401. The molecule has 1 aliphatic heterocycles. The number of hydrogen-bond donors (Lipinski definition) is 0. The predicted molar refractivity (Wildman–Crippen MR) is 98.6 cm³/mol. The highest BCUT2D eigenvalue weighted by atomic mass is 35.5. The van der Waals surface area contributed by atoms with Crippen LogP contribution in [0.5, 0.6) is 0 Å². The Balaban J connectivity index is 1.93. The van der Waals surface area contributed by atoms with Crippen molar-refractivity contribution in [1.29, 1.82) is 0 Å². The molecule has 0 saturated carbocycles. The van der Waals surface area contributed by atoms with E-state index in [1.165, 1.54) is 16.7 Å². The lowest BCUT2D eigenvalue weighted by atomic mass is 10.0. The molecule has 1 atom stereocenters. The van der Waals surface area contributed by atoms with Crippen molar-refractivity contribution in [3.05, 3.63) is 68.7 Å². The van der Waals surface area contributed by atoms with Crippen LogP contribution in [0.4, 0.5) is 0 Å². The predicted octanol–water partition coefficient (Wildman–Crippen LogP) is 5.50. The van der Waals surface area contributed by atoms with Gasteiger partial charge in [0.1, 0.15) is 5.37 Å². The van der Waals surface area contributed by atoms with E-state index in [4.69, 9.17) is 23.2 Å². The summed E-state index contributed by atoms with van der Waals surface area (Å²) >= 11 is 13.9. The Labute approximate surface area is 150 Å². The molecule has 23 heavy (non-hydrogen) atoms. The Morgan fingerprint density at radius 3 is 2.65 bits per heavy atom. The molecule has 2 aromatic rings. The second kappa shape index (κ2) is 6.76. The average molecular weight is 366 g/mol. The van der Waals surface area contributed by atoms with Crippen LogP contribution in [0.1, 0.15) is 32.4 Å². The van der Waals surface area contributed by atoms with Crippen molar-refractivity contribution in [3.8, 4) is 0 Å². The second-order valence-corrected chi connectivity index (χ2v) is 7.74. The largest absolute Gasteiger partial charge is 0.322 e. The van der Waals surface area contributed by atoms with Crippen molar-refractivity contribution < 1.29 is 4.79 Å². The Kier molecular flexibility index (Phi) is 4.90.